The Morgan fingerprint density at radius 3 is 2.93 bits per heavy atom. The summed E-state index contributed by atoms with van der Waals surface area (Å²) in [4.78, 5) is 2.02. The Bertz CT molecular complexity index is 298. The monoisotopic (exact) mass is 215 g/mol. The van der Waals surface area contributed by atoms with Crippen LogP contribution in [0.2, 0.25) is 0 Å². The van der Waals surface area contributed by atoms with Crippen LogP contribution >= 0.6 is 11.6 Å². The lowest BCUT2D eigenvalue weighted by Crippen LogP contribution is -2.20. The Morgan fingerprint density at radius 2 is 2.29 bits per heavy atom. The fourth-order valence-electron chi connectivity index (χ4n) is 1.35. The normalized spacial score (nSPS) is 15.9. The van der Waals surface area contributed by atoms with Crippen LogP contribution in [0.25, 0.3) is 0 Å². The number of nitrogens with zero attached hydrogens (tertiary/aromatic N) is 3. The summed E-state index contributed by atoms with van der Waals surface area (Å²) >= 11 is 5.58. The van der Waals surface area contributed by atoms with Crippen LogP contribution in [0.4, 0.5) is 6.01 Å². The molecule has 0 aliphatic heterocycles. The Hall–Kier alpha value is -0.770. The van der Waals surface area contributed by atoms with Crippen LogP contribution in [-0.4, -0.2) is 29.7 Å². The lowest BCUT2D eigenvalue weighted by atomic mass is 10.4. The lowest BCUT2D eigenvalue weighted by Gasteiger charge is -2.12. The molecule has 0 radical (unpaired) electrons. The highest BCUT2D eigenvalue weighted by Crippen LogP contribution is 2.30. The molecule has 1 aliphatic rings. The highest BCUT2D eigenvalue weighted by molar-refractivity contribution is 6.17. The van der Waals surface area contributed by atoms with Crippen molar-refractivity contribution < 1.29 is 4.42 Å². The number of hydrogen-bond donors (Lipinski definition) is 0. The van der Waals surface area contributed by atoms with E-state index in [-0.39, 0.29) is 0 Å². The molecule has 0 spiro atoms. The first-order chi connectivity index (χ1) is 6.79. The summed E-state index contributed by atoms with van der Waals surface area (Å²) in [6.07, 6.45) is 3.30. The van der Waals surface area contributed by atoms with E-state index in [2.05, 4.69) is 10.2 Å². The summed E-state index contributed by atoms with van der Waals surface area (Å²) in [5.74, 6) is 1.97. The summed E-state index contributed by atoms with van der Waals surface area (Å²) in [6.45, 7) is 1.02. The van der Waals surface area contributed by atoms with E-state index < -0.39 is 0 Å². The summed E-state index contributed by atoms with van der Waals surface area (Å²) in [6, 6.07) is 0.608. The molecule has 1 aromatic rings. The molecule has 1 aromatic heterocycles. The van der Waals surface area contributed by atoms with Gasteiger partial charge >= 0.3 is 6.01 Å². The SMILES string of the molecule is CN(CC1CC1)c1nnc(CCCl)o1. The first-order valence-corrected chi connectivity index (χ1v) is 5.42. The fourth-order valence-corrected chi connectivity index (χ4v) is 1.51. The maximum Gasteiger partial charge on any atom is 0.317 e. The van der Waals surface area contributed by atoms with E-state index in [0.29, 0.717) is 24.2 Å². The molecule has 0 atom stereocenters. The number of anilines is 1. The highest BCUT2D eigenvalue weighted by Gasteiger charge is 2.24. The zero-order valence-electron chi connectivity index (χ0n) is 8.24. The summed E-state index contributed by atoms with van der Waals surface area (Å²) in [7, 11) is 1.98. The molecule has 4 nitrogen and oxygen atoms in total. The van der Waals surface area contributed by atoms with Crippen LogP contribution in [0.5, 0.6) is 0 Å². The van der Waals surface area contributed by atoms with E-state index in [9.17, 15) is 0 Å². The predicted octanol–water partition coefficient (Wildman–Crippen LogP) is 1.70. The largest absolute Gasteiger partial charge is 0.408 e. The van der Waals surface area contributed by atoms with Crippen molar-refractivity contribution in [2.75, 3.05) is 24.4 Å². The van der Waals surface area contributed by atoms with Crippen LogP contribution < -0.4 is 4.90 Å². The molecule has 0 aromatic carbocycles. The molecule has 1 saturated carbocycles. The van der Waals surface area contributed by atoms with E-state index >= 15 is 0 Å². The minimum absolute atomic E-state index is 0.522. The van der Waals surface area contributed by atoms with Crippen molar-refractivity contribution in [1.29, 1.82) is 0 Å². The van der Waals surface area contributed by atoms with Crippen molar-refractivity contribution in [3.05, 3.63) is 5.89 Å². The first-order valence-electron chi connectivity index (χ1n) is 4.89. The van der Waals surface area contributed by atoms with E-state index in [1.54, 1.807) is 0 Å². The quantitative estimate of drug-likeness (QED) is 0.702. The van der Waals surface area contributed by atoms with Crippen LogP contribution in [0.3, 0.4) is 0 Å². The Morgan fingerprint density at radius 1 is 1.50 bits per heavy atom. The number of hydrogen-bond acceptors (Lipinski definition) is 4. The molecule has 0 bridgehead atoms. The Balaban J connectivity index is 1.92. The average Bonchev–Trinajstić information content (AvgIpc) is 2.83. The van der Waals surface area contributed by atoms with Gasteiger partial charge < -0.3 is 9.32 Å². The average molecular weight is 216 g/mol. The molecule has 14 heavy (non-hydrogen) atoms. The predicted molar refractivity (Wildman–Crippen MR) is 54.7 cm³/mol. The Labute approximate surface area is 88.2 Å². The highest BCUT2D eigenvalue weighted by atomic mass is 35.5. The van der Waals surface area contributed by atoms with E-state index in [1.807, 2.05) is 11.9 Å². The molecule has 0 unspecified atom stereocenters. The van der Waals surface area contributed by atoms with Crippen molar-refractivity contribution in [2.45, 2.75) is 19.3 Å². The van der Waals surface area contributed by atoms with Crippen molar-refractivity contribution in [1.82, 2.24) is 10.2 Å². The molecule has 78 valence electrons. The van der Waals surface area contributed by atoms with Crippen LogP contribution in [0.1, 0.15) is 18.7 Å². The molecule has 1 heterocycles. The number of rotatable bonds is 5. The molecule has 1 fully saturated rings. The van der Waals surface area contributed by atoms with Gasteiger partial charge in [-0.05, 0) is 18.8 Å². The fraction of sp³-hybridized carbons (Fsp3) is 0.778. The maximum absolute atomic E-state index is 5.58. The second kappa shape index (κ2) is 4.17. The first kappa shape index (κ1) is 9.77. The van der Waals surface area contributed by atoms with Gasteiger partial charge in [-0.15, -0.1) is 16.7 Å². The van der Waals surface area contributed by atoms with Crippen molar-refractivity contribution in [3.63, 3.8) is 0 Å². The minimum atomic E-state index is 0.522. The molecule has 0 saturated heterocycles. The van der Waals surface area contributed by atoms with Gasteiger partial charge in [0.1, 0.15) is 0 Å². The standard InChI is InChI=1S/C9H14ClN3O/c1-13(6-7-2-3-7)9-12-11-8(14-9)4-5-10/h7H,2-6H2,1H3. The third-order valence-corrected chi connectivity index (χ3v) is 2.51. The third kappa shape index (κ3) is 2.38. The van der Waals surface area contributed by atoms with Crippen molar-refractivity contribution >= 4 is 17.6 Å². The van der Waals surface area contributed by atoms with Crippen LogP contribution in [0, 0.1) is 5.92 Å². The zero-order valence-corrected chi connectivity index (χ0v) is 9.00. The van der Waals surface area contributed by atoms with Crippen molar-refractivity contribution in [3.8, 4) is 0 Å². The minimum Gasteiger partial charge on any atom is -0.408 e. The number of aromatic nitrogens is 2. The van der Waals surface area contributed by atoms with Crippen molar-refractivity contribution in [2.24, 2.45) is 5.92 Å². The zero-order chi connectivity index (χ0) is 9.97. The summed E-state index contributed by atoms with van der Waals surface area (Å²) in [5, 5.41) is 7.88. The molecular weight excluding hydrogens is 202 g/mol. The van der Waals surface area contributed by atoms with Gasteiger partial charge in [-0.25, -0.2) is 0 Å². The van der Waals surface area contributed by atoms with E-state index in [0.717, 1.165) is 12.5 Å². The third-order valence-electron chi connectivity index (χ3n) is 2.32. The van der Waals surface area contributed by atoms with Gasteiger partial charge in [0.05, 0.1) is 0 Å². The van der Waals surface area contributed by atoms with Gasteiger partial charge in [0.15, 0.2) is 0 Å². The molecule has 2 rings (SSSR count). The summed E-state index contributed by atoms with van der Waals surface area (Å²) < 4.78 is 5.43. The number of aryl methyl sites for hydroxylation is 1. The topological polar surface area (TPSA) is 42.2 Å². The number of halogens is 1. The van der Waals surface area contributed by atoms with Gasteiger partial charge in [-0.1, -0.05) is 5.10 Å². The lowest BCUT2D eigenvalue weighted by molar-refractivity contribution is 0.493. The second-order valence-corrected chi connectivity index (χ2v) is 4.12. The molecule has 0 N–H and O–H groups in total. The molecule has 5 heteroatoms. The van der Waals surface area contributed by atoms with E-state index in [4.69, 9.17) is 16.0 Å². The Kier molecular flexibility index (Phi) is 2.91. The van der Waals surface area contributed by atoms with Crippen LogP contribution in [-0.2, 0) is 6.42 Å². The van der Waals surface area contributed by atoms with Crippen LogP contribution in [0.15, 0.2) is 4.42 Å². The number of alkyl halides is 1. The van der Waals surface area contributed by atoms with Gasteiger partial charge in [-0.3, -0.25) is 0 Å². The van der Waals surface area contributed by atoms with Gasteiger partial charge in [0, 0.05) is 25.9 Å². The summed E-state index contributed by atoms with van der Waals surface area (Å²) in [5.41, 5.74) is 0. The molecule has 1 aliphatic carbocycles. The van der Waals surface area contributed by atoms with Gasteiger partial charge in [0.2, 0.25) is 5.89 Å². The van der Waals surface area contributed by atoms with E-state index in [1.165, 1.54) is 12.8 Å². The van der Waals surface area contributed by atoms with Gasteiger partial charge in [0.25, 0.3) is 0 Å². The maximum atomic E-state index is 5.58. The van der Waals surface area contributed by atoms with Gasteiger partial charge in [-0.2, -0.15) is 0 Å². The molecule has 0 amide bonds. The second-order valence-electron chi connectivity index (χ2n) is 3.74. The smallest absolute Gasteiger partial charge is 0.317 e. The molecular formula is C9H14ClN3O.